The van der Waals surface area contributed by atoms with Gasteiger partial charge in [-0.2, -0.15) is 0 Å². The molecule has 0 aliphatic heterocycles. The first-order chi connectivity index (χ1) is 7.65. The zero-order valence-electron chi connectivity index (χ0n) is 8.38. The lowest BCUT2D eigenvalue weighted by Crippen LogP contribution is -1.93. The van der Waals surface area contributed by atoms with Gasteiger partial charge in [-0.25, -0.2) is 8.78 Å². The Morgan fingerprint density at radius 1 is 0.938 bits per heavy atom. The van der Waals surface area contributed by atoms with Crippen LogP contribution in [0.4, 0.5) is 8.78 Å². The van der Waals surface area contributed by atoms with E-state index in [-0.39, 0.29) is 0 Å². The Morgan fingerprint density at radius 3 is 2.25 bits per heavy atom. The van der Waals surface area contributed by atoms with Gasteiger partial charge < -0.3 is 0 Å². The van der Waals surface area contributed by atoms with Crippen LogP contribution in [0.25, 0.3) is 0 Å². The van der Waals surface area contributed by atoms with Crippen molar-refractivity contribution in [2.75, 3.05) is 0 Å². The third-order valence-corrected chi connectivity index (χ3v) is 2.85. The lowest BCUT2D eigenvalue weighted by atomic mass is 10.0. The van der Waals surface area contributed by atoms with Crippen molar-refractivity contribution >= 4 is 15.9 Å². The Labute approximate surface area is 101 Å². The fourth-order valence-corrected chi connectivity index (χ4v) is 1.75. The predicted molar refractivity (Wildman–Crippen MR) is 63.3 cm³/mol. The van der Waals surface area contributed by atoms with E-state index < -0.39 is 11.6 Å². The van der Waals surface area contributed by atoms with Gasteiger partial charge in [-0.1, -0.05) is 34.1 Å². The quantitative estimate of drug-likeness (QED) is 0.770. The van der Waals surface area contributed by atoms with Crippen LogP contribution in [0.5, 0.6) is 0 Å². The molecule has 0 aliphatic carbocycles. The van der Waals surface area contributed by atoms with Crippen LogP contribution < -0.4 is 0 Å². The average Bonchev–Trinajstić information content (AvgIpc) is 2.25. The molecular formula is C13H9BrF2. The van der Waals surface area contributed by atoms with Gasteiger partial charge in [0.05, 0.1) is 0 Å². The molecule has 0 bridgehead atoms. The highest BCUT2D eigenvalue weighted by Crippen LogP contribution is 2.16. The van der Waals surface area contributed by atoms with Crippen LogP contribution in [0.3, 0.4) is 0 Å². The average molecular weight is 283 g/mol. The van der Waals surface area contributed by atoms with Crippen molar-refractivity contribution in [3.63, 3.8) is 0 Å². The van der Waals surface area contributed by atoms with Crippen LogP contribution in [-0.2, 0) is 6.42 Å². The molecule has 0 spiro atoms. The number of halogens is 3. The Kier molecular flexibility index (Phi) is 3.34. The molecule has 16 heavy (non-hydrogen) atoms. The smallest absolute Gasteiger partial charge is 0.129 e. The standard InChI is InChI=1S/C13H9BrF2/c14-11-4-1-9(2-5-11)7-10-3-6-12(15)8-13(10)16/h1-6,8H,7H2. The Hall–Kier alpha value is -1.22. The molecule has 0 saturated heterocycles. The maximum Gasteiger partial charge on any atom is 0.129 e. The van der Waals surface area contributed by atoms with E-state index in [4.69, 9.17) is 0 Å². The first-order valence-electron chi connectivity index (χ1n) is 4.83. The molecule has 0 fully saturated rings. The first kappa shape index (κ1) is 11.3. The lowest BCUT2D eigenvalue weighted by molar-refractivity contribution is 0.574. The maximum atomic E-state index is 13.4. The minimum atomic E-state index is -0.544. The SMILES string of the molecule is Fc1ccc(Cc2ccc(Br)cc2)c(F)c1. The molecule has 0 N–H and O–H groups in total. The molecule has 0 aliphatic rings. The molecular weight excluding hydrogens is 274 g/mol. The van der Waals surface area contributed by atoms with Gasteiger partial charge in [0.15, 0.2) is 0 Å². The van der Waals surface area contributed by atoms with Gasteiger partial charge in [-0.05, 0) is 29.3 Å². The summed E-state index contributed by atoms with van der Waals surface area (Å²) in [6, 6.07) is 11.3. The van der Waals surface area contributed by atoms with Gasteiger partial charge in [-0.3, -0.25) is 0 Å². The second kappa shape index (κ2) is 4.74. The summed E-state index contributed by atoms with van der Waals surface area (Å²) in [6.45, 7) is 0. The molecule has 2 rings (SSSR count). The van der Waals surface area contributed by atoms with Crippen molar-refractivity contribution in [3.05, 3.63) is 69.7 Å². The van der Waals surface area contributed by atoms with E-state index in [2.05, 4.69) is 15.9 Å². The normalized spacial score (nSPS) is 10.4. The minimum Gasteiger partial charge on any atom is -0.207 e. The fourth-order valence-electron chi connectivity index (χ4n) is 1.49. The first-order valence-corrected chi connectivity index (χ1v) is 5.63. The summed E-state index contributed by atoms with van der Waals surface area (Å²) in [6.07, 6.45) is 0.472. The van der Waals surface area contributed by atoms with Crippen molar-refractivity contribution in [2.24, 2.45) is 0 Å². The summed E-state index contributed by atoms with van der Waals surface area (Å²) in [7, 11) is 0. The van der Waals surface area contributed by atoms with E-state index in [1.54, 1.807) is 0 Å². The Bertz CT molecular complexity index is 492. The van der Waals surface area contributed by atoms with Crippen LogP contribution in [0.1, 0.15) is 11.1 Å². The molecule has 0 nitrogen and oxygen atoms in total. The second-order valence-corrected chi connectivity index (χ2v) is 4.45. The largest absolute Gasteiger partial charge is 0.207 e. The molecule has 0 unspecified atom stereocenters. The number of hydrogen-bond acceptors (Lipinski definition) is 0. The van der Waals surface area contributed by atoms with Crippen molar-refractivity contribution in [3.8, 4) is 0 Å². The van der Waals surface area contributed by atoms with Crippen LogP contribution in [0.15, 0.2) is 46.9 Å². The zero-order chi connectivity index (χ0) is 11.5. The van der Waals surface area contributed by atoms with Crippen LogP contribution in [0, 0.1) is 11.6 Å². The molecule has 0 aromatic heterocycles. The third-order valence-electron chi connectivity index (χ3n) is 2.32. The van der Waals surface area contributed by atoms with Crippen LogP contribution in [0.2, 0.25) is 0 Å². The van der Waals surface area contributed by atoms with Gasteiger partial charge in [-0.15, -0.1) is 0 Å². The molecule has 2 aromatic carbocycles. The number of hydrogen-bond donors (Lipinski definition) is 0. The van der Waals surface area contributed by atoms with Crippen LogP contribution >= 0.6 is 15.9 Å². The molecule has 82 valence electrons. The van der Waals surface area contributed by atoms with Gasteiger partial charge in [0, 0.05) is 17.0 Å². The number of benzene rings is 2. The molecule has 0 saturated carbocycles. The summed E-state index contributed by atoms with van der Waals surface area (Å²) in [5.41, 5.74) is 1.50. The fraction of sp³-hybridized carbons (Fsp3) is 0.0769. The van der Waals surface area contributed by atoms with Crippen LogP contribution in [-0.4, -0.2) is 0 Å². The van der Waals surface area contributed by atoms with Gasteiger partial charge >= 0.3 is 0 Å². The van der Waals surface area contributed by atoms with E-state index in [9.17, 15) is 8.78 Å². The molecule has 2 aromatic rings. The Morgan fingerprint density at radius 2 is 1.62 bits per heavy atom. The predicted octanol–water partition coefficient (Wildman–Crippen LogP) is 4.32. The van der Waals surface area contributed by atoms with Gasteiger partial charge in [0.25, 0.3) is 0 Å². The summed E-state index contributed by atoms with van der Waals surface area (Å²) >= 11 is 3.33. The topological polar surface area (TPSA) is 0 Å². The number of rotatable bonds is 2. The molecule has 0 atom stereocenters. The Balaban J connectivity index is 2.23. The highest BCUT2D eigenvalue weighted by Gasteiger charge is 2.04. The zero-order valence-corrected chi connectivity index (χ0v) is 9.97. The summed E-state index contributed by atoms with van der Waals surface area (Å²) in [5, 5.41) is 0. The monoisotopic (exact) mass is 282 g/mol. The summed E-state index contributed by atoms with van der Waals surface area (Å²) in [4.78, 5) is 0. The van der Waals surface area contributed by atoms with Crippen molar-refractivity contribution < 1.29 is 8.78 Å². The summed E-state index contributed by atoms with van der Waals surface area (Å²) in [5.74, 6) is -1.04. The summed E-state index contributed by atoms with van der Waals surface area (Å²) < 4.78 is 27.0. The third kappa shape index (κ3) is 2.67. The van der Waals surface area contributed by atoms with Crippen molar-refractivity contribution in [1.82, 2.24) is 0 Å². The van der Waals surface area contributed by atoms with E-state index in [1.165, 1.54) is 12.1 Å². The highest BCUT2D eigenvalue weighted by atomic mass is 79.9. The van der Waals surface area contributed by atoms with Crippen molar-refractivity contribution in [2.45, 2.75) is 6.42 Å². The van der Waals surface area contributed by atoms with E-state index in [0.29, 0.717) is 12.0 Å². The molecule has 0 radical (unpaired) electrons. The van der Waals surface area contributed by atoms with Gasteiger partial charge in [0.1, 0.15) is 11.6 Å². The molecule has 3 heteroatoms. The molecule has 0 heterocycles. The highest BCUT2D eigenvalue weighted by molar-refractivity contribution is 9.10. The minimum absolute atomic E-state index is 0.472. The second-order valence-electron chi connectivity index (χ2n) is 3.54. The molecule has 0 amide bonds. The lowest BCUT2D eigenvalue weighted by Gasteiger charge is -2.03. The van der Waals surface area contributed by atoms with E-state index in [1.807, 2.05) is 24.3 Å². The van der Waals surface area contributed by atoms with Gasteiger partial charge in [0.2, 0.25) is 0 Å². The van der Waals surface area contributed by atoms with E-state index >= 15 is 0 Å². The maximum absolute atomic E-state index is 13.4. The van der Waals surface area contributed by atoms with E-state index in [0.717, 1.165) is 16.1 Å². The van der Waals surface area contributed by atoms with Crippen molar-refractivity contribution in [1.29, 1.82) is 0 Å².